The SMILES string of the molecule is COc1cc(CNCCC2CCC2)cc2c1OCO2. The van der Waals surface area contributed by atoms with E-state index in [0.29, 0.717) is 0 Å². The van der Waals surface area contributed by atoms with Crippen LogP contribution in [-0.2, 0) is 6.54 Å². The van der Waals surface area contributed by atoms with E-state index in [1.807, 2.05) is 12.1 Å². The summed E-state index contributed by atoms with van der Waals surface area (Å²) in [7, 11) is 1.66. The highest BCUT2D eigenvalue weighted by molar-refractivity contribution is 5.55. The largest absolute Gasteiger partial charge is 0.493 e. The smallest absolute Gasteiger partial charge is 0.231 e. The Morgan fingerprint density at radius 1 is 1.32 bits per heavy atom. The maximum Gasteiger partial charge on any atom is 0.231 e. The lowest BCUT2D eigenvalue weighted by molar-refractivity contribution is 0.171. The van der Waals surface area contributed by atoms with Crippen LogP contribution in [0.3, 0.4) is 0 Å². The van der Waals surface area contributed by atoms with E-state index in [2.05, 4.69) is 5.32 Å². The highest BCUT2D eigenvalue weighted by Crippen LogP contribution is 2.41. The molecule has 0 bridgehead atoms. The molecule has 2 aliphatic rings. The van der Waals surface area contributed by atoms with Crippen molar-refractivity contribution in [1.82, 2.24) is 5.32 Å². The van der Waals surface area contributed by atoms with E-state index >= 15 is 0 Å². The van der Waals surface area contributed by atoms with Crippen LogP contribution in [0.25, 0.3) is 0 Å². The van der Waals surface area contributed by atoms with Gasteiger partial charge in [0.1, 0.15) is 0 Å². The van der Waals surface area contributed by atoms with E-state index in [1.54, 1.807) is 7.11 Å². The van der Waals surface area contributed by atoms with Crippen molar-refractivity contribution in [3.8, 4) is 17.2 Å². The average molecular weight is 263 g/mol. The molecule has 1 aromatic rings. The molecular formula is C15H21NO3. The lowest BCUT2D eigenvalue weighted by Crippen LogP contribution is -2.21. The number of methoxy groups -OCH3 is 1. The maximum absolute atomic E-state index is 5.42. The van der Waals surface area contributed by atoms with Crippen molar-refractivity contribution in [2.75, 3.05) is 20.4 Å². The average Bonchev–Trinajstić information content (AvgIpc) is 2.83. The van der Waals surface area contributed by atoms with E-state index in [9.17, 15) is 0 Å². The Morgan fingerprint density at radius 3 is 2.95 bits per heavy atom. The van der Waals surface area contributed by atoms with Gasteiger partial charge < -0.3 is 19.5 Å². The molecule has 1 N–H and O–H groups in total. The quantitative estimate of drug-likeness (QED) is 0.801. The third-order valence-electron chi connectivity index (χ3n) is 4.00. The molecule has 0 aromatic heterocycles. The summed E-state index contributed by atoms with van der Waals surface area (Å²) in [6.07, 6.45) is 5.55. The van der Waals surface area contributed by atoms with Crippen molar-refractivity contribution in [2.45, 2.75) is 32.2 Å². The van der Waals surface area contributed by atoms with E-state index in [-0.39, 0.29) is 6.79 Å². The van der Waals surface area contributed by atoms with Gasteiger partial charge in [-0.2, -0.15) is 0 Å². The van der Waals surface area contributed by atoms with Gasteiger partial charge in [0.15, 0.2) is 11.5 Å². The number of hydrogen-bond donors (Lipinski definition) is 1. The summed E-state index contributed by atoms with van der Waals surface area (Å²) in [5.41, 5.74) is 1.18. The minimum atomic E-state index is 0.282. The van der Waals surface area contributed by atoms with Crippen LogP contribution in [0.2, 0.25) is 0 Å². The summed E-state index contributed by atoms with van der Waals surface area (Å²) in [4.78, 5) is 0. The molecule has 0 unspecified atom stereocenters. The fourth-order valence-electron chi connectivity index (χ4n) is 2.61. The summed E-state index contributed by atoms with van der Waals surface area (Å²) >= 11 is 0. The summed E-state index contributed by atoms with van der Waals surface area (Å²) in [5.74, 6) is 3.22. The van der Waals surface area contributed by atoms with E-state index in [0.717, 1.165) is 36.3 Å². The van der Waals surface area contributed by atoms with Crippen LogP contribution < -0.4 is 19.5 Å². The first-order valence-electron chi connectivity index (χ1n) is 7.04. The molecule has 104 valence electrons. The Morgan fingerprint density at radius 2 is 2.21 bits per heavy atom. The first kappa shape index (κ1) is 12.6. The van der Waals surface area contributed by atoms with E-state index in [1.165, 1.54) is 31.2 Å². The van der Waals surface area contributed by atoms with E-state index in [4.69, 9.17) is 14.2 Å². The summed E-state index contributed by atoms with van der Waals surface area (Å²) in [6.45, 7) is 2.21. The highest BCUT2D eigenvalue weighted by atomic mass is 16.7. The van der Waals surface area contributed by atoms with Crippen LogP contribution in [-0.4, -0.2) is 20.4 Å². The first-order valence-corrected chi connectivity index (χ1v) is 7.04. The molecule has 1 aliphatic heterocycles. The lowest BCUT2D eigenvalue weighted by atomic mass is 9.83. The monoisotopic (exact) mass is 263 g/mol. The number of rotatable bonds is 6. The number of benzene rings is 1. The minimum absolute atomic E-state index is 0.282. The molecule has 0 saturated heterocycles. The van der Waals surface area contributed by atoms with Gasteiger partial charge in [-0.1, -0.05) is 19.3 Å². The Kier molecular flexibility index (Phi) is 3.78. The molecule has 1 aliphatic carbocycles. The third kappa shape index (κ3) is 2.78. The second-order valence-corrected chi connectivity index (χ2v) is 5.29. The summed E-state index contributed by atoms with van der Waals surface area (Å²) in [6, 6.07) is 4.05. The number of hydrogen-bond acceptors (Lipinski definition) is 4. The molecule has 1 fully saturated rings. The van der Waals surface area contributed by atoms with Crippen LogP contribution in [0.15, 0.2) is 12.1 Å². The van der Waals surface area contributed by atoms with Gasteiger partial charge in [0, 0.05) is 6.54 Å². The van der Waals surface area contributed by atoms with Gasteiger partial charge in [0.05, 0.1) is 7.11 Å². The van der Waals surface area contributed by atoms with Crippen molar-refractivity contribution in [3.63, 3.8) is 0 Å². The zero-order valence-electron chi connectivity index (χ0n) is 11.4. The van der Waals surface area contributed by atoms with Crippen LogP contribution in [0.4, 0.5) is 0 Å². The van der Waals surface area contributed by atoms with Crippen molar-refractivity contribution in [2.24, 2.45) is 5.92 Å². The van der Waals surface area contributed by atoms with Gasteiger partial charge >= 0.3 is 0 Å². The number of nitrogens with one attached hydrogen (secondary N) is 1. The second-order valence-electron chi connectivity index (χ2n) is 5.29. The van der Waals surface area contributed by atoms with Crippen molar-refractivity contribution >= 4 is 0 Å². The predicted molar refractivity (Wildman–Crippen MR) is 72.8 cm³/mol. The molecule has 4 heteroatoms. The maximum atomic E-state index is 5.42. The third-order valence-corrected chi connectivity index (χ3v) is 4.00. The van der Waals surface area contributed by atoms with Gasteiger partial charge in [0.2, 0.25) is 12.5 Å². The molecule has 0 atom stereocenters. The zero-order valence-corrected chi connectivity index (χ0v) is 11.4. The molecule has 4 nitrogen and oxygen atoms in total. The normalized spacial score (nSPS) is 17.3. The predicted octanol–water partition coefficient (Wildman–Crippen LogP) is 2.70. The molecule has 0 radical (unpaired) electrons. The molecule has 19 heavy (non-hydrogen) atoms. The first-order chi connectivity index (χ1) is 9.36. The fraction of sp³-hybridized carbons (Fsp3) is 0.600. The molecule has 0 spiro atoms. The Labute approximate surface area is 114 Å². The number of fused-ring (bicyclic) bond motifs is 1. The molecule has 0 amide bonds. The zero-order chi connectivity index (χ0) is 13.1. The summed E-state index contributed by atoms with van der Waals surface area (Å²) in [5, 5.41) is 3.49. The minimum Gasteiger partial charge on any atom is -0.493 e. The fourth-order valence-corrected chi connectivity index (χ4v) is 2.61. The van der Waals surface area contributed by atoms with Crippen LogP contribution in [0.5, 0.6) is 17.2 Å². The van der Waals surface area contributed by atoms with Crippen LogP contribution in [0, 0.1) is 5.92 Å². The molecule has 1 saturated carbocycles. The van der Waals surface area contributed by atoms with Crippen molar-refractivity contribution in [3.05, 3.63) is 17.7 Å². The van der Waals surface area contributed by atoms with Crippen LogP contribution in [0.1, 0.15) is 31.2 Å². The Bertz CT molecular complexity index is 443. The molecular weight excluding hydrogens is 242 g/mol. The van der Waals surface area contributed by atoms with Gasteiger partial charge in [-0.25, -0.2) is 0 Å². The lowest BCUT2D eigenvalue weighted by Gasteiger charge is -2.25. The molecule has 1 heterocycles. The van der Waals surface area contributed by atoms with Gasteiger partial charge in [-0.3, -0.25) is 0 Å². The van der Waals surface area contributed by atoms with Gasteiger partial charge in [-0.15, -0.1) is 0 Å². The number of ether oxygens (including phenoxy) is 3. The standard InChI is InChI=1S/C15H21NO3/c1-17-13-7-12(8-14-15(13)19-10-18-14)9-16-6-5-11-3-2-4-11/h7-8,11,16H,2-6,9-10H2,1H3. The van der Waals surface area contributed by atoms with Gasteiger partial charge in [0.25, 0.3) is 0 Å². The highest BCUT2D eigenvalue weighted by Gasteiger charge is 2.20. The van der Waals surface area contributed by atoms with Gasteiger partial charge in [-0.05, 0) is 36.6 Å². The van der Waals surface area contributed by atoms with E-state index < -0.39 is 0 Å². The Hall–Kier alpha value is -1.42. The second kappa shape index (κ2) is 5.70. The van der Waals surface area contributed by atoms with Crippen molar-refractivity contribution in [1.29, 1.82) is 0 Å². The molecule has 3 rings (SSSR count). The van der Waals surface area contributed by atoms with Crippen molar-refractivity contribution < 1.29 is 14.2 Å². The topological polar surface area (TPSA) is 39.7 Å². The molecule has 1 aromatic carbocycles. The Balaban J connectivity index is 1.55. The van der Waals surface area contributed by atoms with Crippen LogP contribution >= 0.6 is 0 Å². The summed E-state index contributed by atoms with van der Waals surface area (Å²) < 4.78 is 16.1.